The summed E-state index contributed by atoms with van der Waals surface area (Å²) in [7, 11) is 0. The van der Waals surface area contributed by atoms with Gasteiger partial charge in [-0.25, -0.2) is 4.68 Å². The largest absolute Gasteiger partial charge is 0.416 e. The topological polar surface area (TPSA) is 39.1 Å². The van der Waals surface area contributed by atoms with Gasteiger partial charge in [0.1, 0.15) is 11.9 Å². The zero-order chi connectivity index (χ0) is 16.0. The Morgan fingerprint density at radius 3 is 2.65 bits per heavy atom. The van der Waals surface area contributed by atoms with Crippen molar-refractivity contribution in [1.82, 2.24) is 9.78 Å². The van der Waals surface area contributed by atoms with Gasteiger partial charge in [0.15, 0.2) is 0 Å². The summed E-state index contributed by atoms with van der Waals surface area (Å²) >= 11 is 0. The first kappa shape index (κ1) is 14.6. The minimum atomic E-state index is -4.33. The molecule has 1 N–H and O–H groups in total. The van der Waals surface area contributed by atoms with Crippen LogP contribution in [0.1, 0.15) is 35.8 Å². The maximum Gasteiger partial charge on any atom is 0.416 e. The fourth-order valence-corrected chi connectivity index (χ4v) is 3.23. The number of nitrogens with zero attached hydrogens (tertiary/aromatic N) is 2. The molecule has 0 spiro atoms. The van der Waals surface area contributed by atoms with Crippen LogP contribution in [0.15, 0.2) is 24.3 Å². The fraction of sp³-hybridized carbons (Fsp3) is 0.438. The first-order chi connectivity index (χ1) is 11.0. The molecular formula is C16H16F3N3O. The van der Waals surface area contributed by atoms with Crippen molar-refractivity contribution >= 4 is 5.82 Å². The van der Waals surface area contributed by atoms with Crippen molar-refractivity contribution in [3.05, 3.63) is 41.1 Å². The van der Waals surface area contributed by atoms with Crippen LogP contribution in [-0.4, -0.2) is 22.9 Å². The third kappa shape index (κ3) is 2.49. The van der Waals surface area contributed by atoms with Crippen molar-refractivity contribution < 1.29 is 17.9 Å². The Morgan fingerprint density at radius 1 is 1.22 bits per heavy atom. The highest BCUT2D eigenvalue weighted by atomic mass is 19.4. The molecule has 3 heterocycles. The number of aromatic nitrogens is 2. The van der Waals surface area contributed by atoms with Crippen LogP contribution in [0.5, 0.6) is 0 Å². The number of nitrogens with one attached hydrogen (secondary N) is 1. The lowest BCUT2D eigenvalue weighted by atomic mass is 10.1. The Morgan fingerprint density at radius 2 is 2.00 bits per heavy atom. The lowest BCUT2D eigenvalue weighted by Gasteiger charge is -2.10. The van der Waals surface area contributed by atoms with Crippen LogP contribution in [0, 0.1) is 0 Å². The Balaban J connectivity index is 1.73. The van der Waals surface area contributed by atoms with E-state index in [0.717, 1.165) is 61.6 Å². The summed E-state index contributed by atoms with van der Waals surface area (Å²) in [6, 6.07) is 5.08. The van der Waals surface area contributed by atoms with E-state index in [-0.39, 0.29) is 6.10 Å². The number of fused-ring (bicyclic) bond motifs is 1. The van der Waals surface area contributed by atoms with Gasteiger partial charge in [-0.3, -0.25) is 0 Å². The number of benzene rings is 1. The van der Waals surface area contributed by atoms with Crippen LogP contribution in [0.3, 0.4) is 0 Å². The van der Waals surface area contributed by atoms with E-state index < -0.39 is 11.7 Å². The van der Waals surface area contributed by atoms with E-state index in [0.29, 0.717) is 5.69 Å². The molecule has 122 valence electrons. The van der Waals surface area contributed by atoms with Crippen molar-refractivity contribution in [3.63, 3.8) is 0 Å². The molecule has 1 aromatic heterocycles. The summed E-state index contributed by atoms with van der Waals surface area (Å²) in [5, 5.41) is 7.90. The molecule has 1 atom stereocenters. The number of hydrogen-bond donors (Lipinski definition) is 1. The maximum atomic E-state index is 12.7. The summed E-state index contributed by atoms with van der Waals surface area (Å²) in [4.78, 5) is 0. The summed E-state index contributed by atoms with van der Waals surface area (Å²) in [6.07, 6.45) is -1.51. The number of alkyl halides is 3. The molecule has 1 aromatic carbocycles. The predicted molar refractivity (Wildman–Crippen MR) is 78.7 cm³/mol. The van der Waals surface area contributed by atoms with E-state index in [4.69, 9.17) is 4.74 Å². The Kier molecular flexibility index (Phi) is 3.33. The highest BCUT2D eigenvalue weighted by Gasteiger charge is 2.32. The monoisotopic (exact) mass is 323 g/mol. The second kappa shape index (κ2) is 5.26. The molecule has 0 saturated carbocycles. The zero-order valence-corrected chi connectivity index (χ0v) is 12.4. The number of hydrogen-bond acceptors (Lipinski definition) is 3. The number of ether oxygens (including phenoxy) is 1. The molecule has 23 heavy (non-hydrogen) atoms. The standard InChI is InChI=1S/C16H16F3N3O/c17-16(18,19)10-3-5-11(6-4-10)22-15-12(7-8-20-15)14(21-22)13-2-1-9-23-13/h3-6,13,20H,1-2,7-9H2. The summed E-state index contributed by atoms with van der Waals surface area (Å²) in [5.74, 6) is 0.871. The molecule has 4 nitrogen and oxygen atoms in total. The van der Waals surface area contributed by atoms with Crippen LogP contribution in [0.2, 0.25) is 0 Å². The van der Waals surface area contributed by atoms with Gasteiger partial charge in [0.05, 0.1) is 16.9 Å². The van der Waals surface area contributed by atoms with Crippen molar-refractivity contribution in [3.8, 4) is 5.69 Å². The highest BCUT2D eigenvalue weighted by molar-refractivity contribution is 5.57. The van der Waals surface area contributed by atoms with Gasteiger partial charge >= 0.3 is 6.18 Å². The summed E-state index contributed by atoms with van der Waals surface area (Å²) in [5.41, 5.74) is 2.00. The van der Waals surface area contributed by atoms with E-state index in [1.807, 2.05) is 0 Å². The van der Waals surface area contributed by atoms with Crippen LogP contribution < -0.4 is 5.32 Å². The van der Waals surface area contributed by atoms with Gasteiger partial charge in [-0.05, 0) is 43.5 Å². The molecule has 1 saturated heterocycles. The molecular weight excluding hydrogens is 307 g/mol. The minimum absolute atomic E-state index is 0.000603. The molecule has 0 bridgehead atoms. The lowest BCUT2D eigenvalue weighted by Crippen LogP contribution is -2.08. The van der Waals surface area contributed by atoms with Gasteiger partial charge in [0, 0.05) is 18.7 Å². The number of rotatable bonds is 2. The van der Waals surface area contributed by atoms with E-state index in [1.54, 1.807) is 4.68 Å². The second-order valence-electron chi connectivity index (χ2n) is 5.85. The molecule has 1 fully saturated rings. The molecule has 4 rings (SSSR count). The smallest absolute Gasteiger partial charge is 0.372 e. The van der Waals surface area contributed by atoms with Crippen LogP contribution >= 0.6 is 0 Å². The van der Waals surface area contributed by atoms with Crippen molar-refractivity contribution in [1.29, 1.82) is 0 Å². The summed E-state index contributed by atoms with van der Waals surface area (Å²) in [6.45, 7) is 1.55. The van der Waals surface area contributed by atoms with Crippen molar-refractivity contribution in [2.75, 3.05) is 18.5 Å². The minimum Gasteiger partial charge on any atom is -0.372 e. The Hall–Kier alpha value is -2.02. The number of halogens is 3. The van der Waals surface area contributed by atoms with Crippen LogP contribution in [-0.2, 0) is 17.3 Å². The first-order valence-electron chi connectivity index (χ1n) is 7.69. The van der Waals surface area contributed by atoms with Crippen molar-refractivity contribution in [2.24, 2.45) is 0 Å². The van der Waals surface area contributed by atoms with Gasteiger partial charge in [-0.2, -0.15) is 18.3 Å². The third-order valence-electron chi connectivity index (χ3n) is 4.36. The highest BCUT2D eigenvalue weighted by Crippen LogP contribution is 2.37. The first-order valence-corrected chi connectivity index (χ1v) is 7.69. The Labute approximate surface area is 131 Å². The quantitative estimate of drug-likeness (QED) is 0.916. The Bertz CT molecular complexity index is 715. The van der Waals surface area contributed by atoms with Gasteiger partial charge in [-0.15, -0.1) is 0 Å². The molecule has 7 heteroatoms. The molecule has 0 aliphatic carbocycles. The van der Waals surface area contributed by atoms with E-state index in [2.05, 4.69) is 10.4 Å². The summed E-state index contributed by atoms with van der Waals surface area (Å²) < 4.78 is 45.5. The van der Waals surface area contributed by atoms with E-state index in [1.165, 1.54) is 12.1 Å². The van der Waals surface area contributed by atoms with Crippen LogP contribution in [0.4, 0.5) is 19.0 Å². The van der Waals surface area contributed by atoms with Crippen LogP contribution in [0.25, 0.3) is 5.69 Å². The van der Waals surface area contributed by atoms with Gasteiger partial charge < -0.3 is 10.1 Å². The normalized spacial score (nSPS) is 20.6. The third-order valence-corrected chi connectivity index (χ3v) is 4.36. The lowest BCUT2D eigenvalue weighted by molar-refractivity contribution is -0.137. The van der Waals surface area contributed by atoms with Crippen molar-refractivity contribution in [2.45, 2.75) is 31.5 Å². The number of anilines is 1. The van der Waals surface area contributed by atoms with Gasteiger partial charge in [-0.1, -0.05) is 0 Å². The fourth-order valence-electron chi connectivity index (χ4n) is 3.23. The van der Waals surface area contributed by atoms with Gasteiger partial charge in [0.25, 0.3) is 0 Å². The maximum absolute atomic E-state index is 12.7. The SMILES string of the molecule is FC(F)(F)c1ccc(-n2nc(C3CCCO3)c3c2NCC3)cc1. The molecule has 2 aliphatic rings. The molecule has 0 amide bonds. The molecule has 2 aromatic rings. The predicted octanol–water partition coefficient (Wildman–Crippen LogP) is 3.71. The molecule has 2 aliphatic heterocycles. The molecule has 1 unspecified atom stereocenters. The average molecular weight is 323 g/mol. The van der Waals surface area contributed by atoms with Gasteiger partial charge in [0.2, 0.25) is 0 Å². The average Bonchev–Trinajstić information content (AvgIpc) is 3.23. The van der Waals surface area contributed by atoms with E-state index >= 15 is 0 Å². The zero-order valence-electron chi connectivity index (χ0n) is 12.4. The molecule has 0 radical (unpaired) electrons. The van der Waals surface area contributed by atoms with E-state index in [9.17, 15) is 13.2 Å². The second-order valence-corrected chi connectivity index (χ2v) is 5.85.